The molecule has 0 saturated carbocycles. The highest BCUT2D eigenvalue weighted by molar-refractivity contribution is 5.90. The standard InChI is InChI=1S/C23H25N5O6/c1-7-28(8-2)23-11-14-12(15-17(29)24(3)21(31)26(5)19(15)33-14)9-10-13(23)16-18(30)25(4)22(32)27(6)20(16)34-23/h9-11H,7-8H2,1-6H3. The van der Waals surface area contributed by atoms with Crippen molar-refractivity contribution >= 4 is 28.8 Å². The fourth-order valence-electron chi connectivity index (χ4n) is 4.96. The molecule has 4 heterocycles. The first-order valence-corrected chi connectivity index (χ1v) is 11.0. The molecule has 0 spiro atoms. The molecular formula is C23H25N5O6. The van der Waals surface area contributed by atoms with Gasteiger partial charge in [-0.1, -0.05) is 19.9 Å². The summed E-state index contributed by atoms with van der Waals surface area (Å²) in [6.07, 6.45) is 5.16. The third-order valence-electron chi connectivity index (χ3n) is 6.85. The Hall–Kier alpha value is -3.86. The minimum absolute atomic E-state index is 0.149. The maximum atomic E-state index is 13.2. The van der Waals surface area contributed by atoms with E-state index in [1.54, 1.807) is 25.3 Å². The first-order chi connectivity index (χ1) is 16.1. The number of allylic oxidation sites excluding steroid dienone is 1. The zero-order chi connectivity index (χ0) is 24.7. The highest BCUT2D eigenvalue weighted by Gasteiger charge is 2.50. The van der Waals surface area contributed by atoms with Gasteiger partial charge in [0, 0.05) is 45.1 Å². The van der Waals surface area contributed by atoms with Crippen molar-refractivity contribution in [3.63, 3.8) is 0 Å². The van der Waals surface area contributed by atoms with Gasteiger partial charge < -0.3 is 9.15 Å². The monoisotopic (exact) mass is 467 g/mol. The Morgan fingerprint density at radius 3 is 2.12 bits per heavy atom. The molecule has 0 saturated heterocycles. The lowest BCUT2D eigenvalue weighted by molar-refractivity contribution is 0.0277. The fraction of sp³-hybridized carbons (Fsp3) is 0.391. The predicted molar refractivity (Wildman–Crippen MR) is 126 cm³/mol. The van der Waals surface area contributed by atoms with Crippen molar-refractivity contribution in [1.29, 1.82) is 0 Å². The van der Waals surface area contributed by atoms with E-state index in [-0.39, 0.29) is 22.5 Å². The van der Waals surface area contributed by atoms with Crippen molar-refractivity contribution in [2.45, 2.75) is 19.6 Å². The molecule has 1 aliphatic heterocycles. The van der Waals surface area contributed by atoms with Gasteiger partial charge in [0.1, 0.15) is 16.4 Å². The molecule has 1 aliphatic carbocycles. The summed E-state index contributed by atoms with van der Waals surface area (Å²) in [5, 5.41) is 0.752. The van der Waals surface area contributed by atoms with Gasteiger partial charge in [-0.25, -0.2) is 9.59 Å². The van der Waals surface area contributed by atoms with E-state index in [2.05, 4.69) is 0 Å². The molecule has 3 aromatic heterocycles. The first-order valence-electron chi connectivity index (χ1n) is 11.0. The average molecular weight is 467 g/mol. The highest BCUT2D eigenvalue weighted by Crippen LogP contribution is 2.45. The van der Waals surface area contributed by atoms with Crippen LogP contribution in [0.1, 0.15) is 19.4 Å². The van der Waals surface area contributed by atoms with Gasteiger partial charge in [-0.15, -0.1) is 0 Å². The zero-order valence-corrected chi connectivity index (χ0v) is 19.8. The van der Waals surface area contributed by atoms with Crippen LogP contribution in [0.15, 0.2) is 29.7 Å². The number of furan rings is 1. The SMILES string of the molecule is CCN(CC)C12C=c3oc4c(c3=CC=C1c1c(n(C)c(=O)n(C)c1=O)O2)c(=O)n(C)c(=O)n4C. The van der Waals surface area contributed by atoms with Crippen LogP contribution in [-0.4, -0.2) is 42.0 Å². The zero-order valence-electron chi connectivity index (χ0n) is 19.8. The van der Waals surface area contributed by atoms with Crippen molar-refractivity contribution in [2.75, 3.05) is 13.1 Å². The lowest BCUT2D eigenvalue weighted by atomic mass is 9.97. The Morgan fingerprint density at radius 2 is 1.47 bits per heavy atom. The second-order valence-electron chi connectivity index (χ2n) is 8.51. The van der Waals surface area contributed by atoms with Crippen molar-refractivity contribution in [2.24, 2.45) is 28.2 Å². The van der Waals surface area contributed by atoms with Crippen LogP contribution < -0.4 is 37.9 Å². The van der Waals surface area contributed by atoms with Crippen LogP contribution in [-0.2, 0) is 28.2 Å². The van der Waals surface area contributed by atoms with Gasteiger partial charge in [-0.3, -0.25) is 32.8 Å². The molecule has 5 rings (SSSR count). The number of aromatic nitrogens is 4. The Morgan fingerprint density at radius 1 is 0.853 bits per heavy atom. The molecular weight excluding hydrogens is 442 g/mol. The summed E-state index contributed by atoms with van der Waals surface area (Å²) in [5.41, 5.74) is -1.90. The van der Waals surface area contributed by atoms with Crippen molar-refractivity contribution < 1.29 is 9.15 Å². The maximum Gasteiger partial charge on any atom is 0.333 e. The number of hydrogen-bond acceptors (Lipinski definition) is 7. The minimum atomic E-state index is -1.26. The minimum Gasteiger partial charge on any atom is -0.448 e. The van der Waals surface area contributed by atoms with Gasteiger partial charge in [0.15, 0.2) is 0 Å². The van der Waals surface area contributed by atoms with Gasteiger partial charge >= 0.3 is 11.4 Å². The number of fused-ring (bicyclic) bond motifs is 6. The Labute approximate surface area is 192 Å². The van der Waals surface area contributed by atoms with Gasteiger partial charge in [0.2, 0.25) is 17.3 Å². The molecule has 178 valence electrons. The summed E-state index contributed by atoms with van der Waals surface area (Å²) in [6, 6.07) is 0. The average Bonchev–Trinajstić information content (AvgIpc) is 3.30. The molecule has 1 atom stereocenters. The fourth-order valence-corrected chi connectivity index (χ4v) is 4.96. The Kier molecular flexibility index (Phi) is 4.56. The van der Waals surface area contributed by atoms with Crippen LogP contribution in [0.2, 0.25) is 0 Å². The van der Waals surface area contributed by atoms with Crippen LogP contribution in [0, 0.1) is 0 Å². The molecule has 0 N–H and O–H groups in total. The molecule has 11 nitrogen and oxygen atoms in total. The smallest absolute Gasteiger partial charge is 0.333 e. The third kappa shape index (κ3) is 2.50. The molecule has 2 aliphatic rings. The second-order valence-corrected chi connectivity index (χ2v) is 8.51. The summed E-state index contributed by atoms with van der Waals surface area (Å²) >= 11 is 0. The number of nitrogens with zero attached hydrogens (tertiary/aromatic N) is 5. The molecule has 0 fully saturated rings. The molecule has 0 amide bonds. The van der Waals surface area contributed by atoms with E-state index in [9.17, 15) is 19.2 Å². The molecule has 0 bridgehead atoms. The van der Waals surface area contributed by atoms with E-state index < -0.39 is 28.2 Å². The van der Waals surface area contributed by atoms with Crippen molar-refractivity contribution in [1.82, 2.24) is 23.2 Å². The number of hydrogen-bond donors (Lipinski definition) is 0. The topological polar surface area (TPSA) is 114 Å². The quantitative estimate of drug-likeness (QED) is 0.452. The molecule has 34 heavy (non-hydrogen) atoms. The number of aryl methyl sites for hydroxylation is 1. The number of likely N-dealkylation sites (N-methyl/N-ethyl adjacent to an activating group) is 1. The van der Waals surface area contributed by atoms with Crippen molar-refractivity contribution in [3.05, 3.63) is 63.9 Å². The molecule has 1 unspecified atom stereocenters. The number of ether oxygens (including phenoxy) is 1. The highest BCUT2D eigenvalue weighted by atomic mass is 16.5. The first kappa shape index (κ1) is 22.0. The van der Waals surface area contributed by atoms with E-state index in [1.807, 2.05) is 18.7 Å². The Bertz CT molecular complexity index is 1790. The van der Waals surface area contributed by atoms with E-state index >= 15 is 0 Å². The van der Waals surface area contributed by atoms with E-state index in [1.165, 1.54) is 30.3 Å². The normalized spacial score (nSPS) is 18.5. The maximum absolute atomic E-state index is 13.2. The van der Waals surface area contributed by atoms with Crippen LogP contribution in [0.5, 0.6) is 5.88 Å². The summed E-state index contributed by atoms with van der Waals surface area (Å²) < 4.78 is 17.2. The summed E-state index contributed by atoms with van der Waals surface area (Å²) in [6.45, 7) is 5.03. The predicted octanol–water partition coefficient (Wildman–Crippen LogP) is -1.68. The van der Waals surface area contributed by atoms with Crippen LogP contribution in [0.25, 0.3) is 28.8 Å². The summed E-state index contributed by atoms with van der Waals surface area (Å²) in [4.78, 5) is 53.3. The second kappa shape index (κ2) is 7.07. The largest absolute Gasteiger partial charge is 0.448 e. The van der Waals surface area contributed by atoms with E-state index in [0.29, 0.717) is 29.3 Å². The number of rotatable bonds is 3. The molecule has 0 radical (unpaired) electrons. The summed E-state index contributed by atoms with van der Waals surface area (Å²) in [5.74, 6) is 0.166. The lowest BCUT2D eigenvalue weighted by Crippen LogP contribution is -2.51. The lowest BCUT2D eigenvalue weighted by Gasteiger charge is -2.37. The summed E-state index contributed by atoms with van der Waals surface area (Å²) in [7, 11) is 5.93. The van der Waals surface area contributed by atoms with Gasteiger partial charge in [-0.05, 0) is 19.2 Å². The van der Waals surface area contributed by atoms with Crippen LogP contribution in [0.4, 0.5) is 0 Å². The van der Waals surface area contributed by atoms with E-state index in [0.717, 1.165) is 9.13 Å². The van der Waals surface area contributed by atoms with Crippen LogP contribution >= 0.6 is 0 Å². The van der Waals surface area contributed by atoms with Crippen molar-refractivity contribution in [3.8, 4) is 5.88 Å². The van der Waals surface area contributed by atoms with Gasteiger partial charge in [0.25, 0.3) is 11.1 Å². The molecule has 0 aromatic carbocycles. The van der Waals surface area contributed by atoms with E-state index in [4.69, 9.17) is 9.15 Å². The van der Waals surface area contributed by atoms with Gasteiger partial charge in [-0.2, -0.15) is 0 Å². The van der Waals surface area contributed by atoms with Gasteiger partial charge in [0.05, 0.1) is 0 Å². The third-order valence-corrected chi connectivity index (χ3v) is 6.85. The van der Waals surface area contributed by atoms with Crippen LogP contribution in [0.3, 0.4) is 0 Å². The molecule has 3 aromatic rings. The Balaban J connectivity index is 1.99. The molecule has 11 heteroatoms.